The lowest BCUT2D eigenvalue weighted by Crippen LogP contribution is -2.35. The summed E-state index contributed by atoms with van der Waals surface area (Å²) in [5.74, 6) is -2.00. The van der Waals surface area contributed by atoms with Crippen molar-refractivity contribution in [2.24, 2.45) is 10.8 Å². The van der Waals surface area contributed by atoms with E-state index in [-0.39, 0.29) is 6.61 Å². The molecular formula is C13H18O5. The molecule has 0 aromatic heterocycles. The molecule has 0 fully saturated rings. The molecule has 0 aromatic rings. The molecule has 0 saturated heterocycles. The number of carboxylic acids is 2. The molecule has 0 aromatic carbocycles. The Kier molecular flexibility index (Phi) is 3.55. The predicted octanol–water partition coefficient (Wildman–Crippen LogP) is 2.05. The van der Waals surface area contributed by atoms with Crippen LogP contribution < -0.4 is 0 Å². The van der Waals surface area contributed by atoms with Crippen molar-refractivity contribution < 1.29 is 24.5 Å². The number of aliphatic carboxylic acids is 2. The van der Waals surface area contributed by atoms with E-state index in [1.165, 1.54) is 12.3 Å². The van der Waals surface area contributed by atoms with Crippen LogP contribution in [0.3, 0.4) is 0 Å². The van der Waals surface area contributed by atoms with Crippen LogP contribution in [-0.4, -0.2) is 28.8 Å². The molecule has 5 nitrogen and oxygen atoms in total. The Hall–Kier alpha value is -1.78. The van der Waals surface area contributed by atoms with Crippen LogP contribution >= 0.6 is 0 Å². The van der Waals surface area contributed by atoms with E-state index in [1.54, 1.807) is 27.7 Å². The Morgan fingerprint density at radius 2 is 1.61 bits per heavy atom. The van der Waals surface area contributed by atoms with Crippen molar-refractivity contribution >= 4 is 11.9 Å². The fourth-order valence-electron chi connectivity index (χ4n) is 1.77. The highest BCUT2D eigenvalue weighted by Gasteiger charge is 2.41. The maximum absolute atomic E-state index is 11.3. The second-order valence-electron chi connectivity index (χ2n) is 5.37. The summed E-state index contributed by atoms with van der Waals surface area (Å²) in [6, 6.07) is 0. The third kappa shape index (κ3) is 2.25. The first-order chi connectivity index (χ1) is 8.11. The van der Waals surface area contributed by atoms with Crippen molar-refractivity contribution in [1.82, 2.24) is 0 Å². The number of rotatable bonds is 4. The predicted molar refractivity (Wildman–Crippen MR) is 65.0 cm³/mol. The molecule has 0 unspecified atom stereocenters. The van der Waals surface area contributed by atoms with E-state index in [4.69, 9.17) is 4.74 Å². The van der Waals surface area contributed by atoms with Gasteiger partial charge in [-0.1, -0.05) is 0 Å². The minimum absolute atomic E-state index is 0.0991. The topological polar surface area (TPSA) is 83.8 Å². The SMILES string of the molecule is CC(C)(C(=O)O)C1=C(C(C)(C)C(=O)O)COC=C1. The normalized spacial score (nSPS) is 16.4. The molecule has 0 aliphatic carbocycles. The van der Waals surface area contributed by atoms with E-state index < -0.39 is 22.8 Å². The van der Waals surface area contributed by atoms with E-state index in [0.29, 0.717) is 11.1 Å². The molecule has 0 radical (unpaired) electrons. The van der Waals surface area contributed by atoms with Gasteiger partial charge in [-0.3, -0.25) is 9.59 Å². The Bertz CT molecular complexity index is 440. The quantitative estimate of drug-likeness (QED) is 0.802. The van der Waals surface area contributed by atoms with E-state index in [0.717, 1.165) is 0 Å². The first kappa shape index (κ1) is 14.3. The summed E-state index contributed by atoms with van der Waals surface area (Å²) in [4.78, 5) is 22.6. The van der Waals surface area contributed by atoms with Crippen molar-refractivity contribution in [2.75, 3.05) is 6.61 Å². The third-order valence-corrected chi connectivity index (χ3v) is 3.38. The van der Waals surface area contributed by atoms with Gasteiger partial charge in [0.15, 0.2) is 0 Å². The summed E-state index contributed by atoms with van der Waals surface area (Å²) in [7, 11) is 0. The lowest BCUT2D eigenvalue weighted by molar-refractivity contribution is -0.147. The van der Waals surface area contributed by atoms with E-state index in [2.05, 4.69) is 0 Å². The molecule has 1 aliphatic rings. The molecule has 1 aliphatic heterocycles. The monoisotopic (exact) mass is 254 g/mol. The van der Waals surface area contributed by atoms with Crippen molar-refractivity contribution in [3.05, 3.63) is 23.5 Å². The number of ether oxygens (including phenoxy) is 1. The van der Waals surface area contributed by atoms with Gasteiger partial charge in [-0.2, -0.15) is 0 Å². The van der Waals surface area contributed by atoms with Gasteiger partial charge in [0.2, 0.25) is 0 Å². The van der Waals surface area contributed by atoms with Gasteiger partial charge in [-0.15, -0.1) is 0 Å². The second-order valence-corrected chi connectivity index (χ2v) is 5.37. The molecule has 100 valence electrons. The summed E-state index contributed by atoms with van der Waals surface area (Å²) >= 11 is 0. The average molecular weight is 254 g/mol. The van der Waals surface area contributed by atoms with Crippen LogP contribution in [0.25, 0.3) is 0 Å². The van der Waals surface area contributed by atoms with Gasteiger partial charge >= 0.3 is 11.9 Å². The minimum atomic E-state index is -1.16. The highest BCUT2D eigenvalue weighted by Crippen LogP contribution is 2.40. The molecule has 0 bridgehead atoms. The highest BCUT2D eigenvalue weighted by atomic mass is 16.5. The zero-order valence-electron chi connectivity index (χ0n) is 11.0. The molecule has 1 heterocycles. The lowest BCUT2D eigenvalue weighted by Gasteiger charge is -2.33. The highest BCUT2D eigenvalue weighted by molar-refractivity contribution is 5.82. The van der Waals surface area contributed by atoms with Crippen LogP contribution in [0, 0.1) is 10.8 Å². The molecule has 0 saturated carbocycles. The summed E-state index contributed by atoms with van der Waals surface area (Å²) in [5.41, 5.74) is -1.33. The van der Waals surface area contributed by atoms with Crippen molar-refractivity contribution in [3.63, 3.8) is 0 Å². The van der Waals surface area contributed by atoms with Gasteiger partial charge in [-0.05, 0) is 44.9 Å². The van der Waals surface area contributed by atoms with Crippen LogP contribution in [-0.2, 0) is 14.3 Å². The molecule has 0 spiro atoms. The van der Waals surface area contributed by atoms with E-state index >= 15 is 0 Å². The smallest absolute Gasteiger partial charge is 0.313 e. The lowest BCUT2D eigenvalue weighted by atomic mass is 9.73. The minimum Gasteiger partial charge on any atom is -0.497 e. The molecule has 0 amide bonds. The first-order valence-electron chi connectivity index (χ1n) is 5.61. The van der Waals surface area contributed by atoms with E-state index in [9.17, 15) is 19.8 Å². The molecule has 0 atom stereocenters. The number of hydrogen-bond acceptors (Lipinski definition) is 3. The van der Waals surface area contributed by atoms with Crippen LogP contribution in [0.2, 0.25) is 0 Å². The van der Waals surface area contributed by atoms with Crippen LogP contribution in [0.4, 0.5) is 0 Å². The van der Waals surface area contributed by atoms with Crippen LogP contribution in [0.1, 0.15) is 27.7 Å². The number of allylic oxidation sites excluding steroid dienone is 1. The van der Waals surface area contributed by atoms with Gasteiger partial charge in [0.25, 0.3) is 0 Å². The van der Waals surface area contributed by atoms with Crippen molar-refractivity contribution in [2.45, 2.75) is 27.7 Å². The Labute approximate surface area is 106 Å². The number of carboxylic acid groups (broad SMARTS) is 2. The third-order valence-electron chi connectivity index (χ3n) is 3.38. The van der Waals surface area contributed by atoms with Gasteiger partial charge in [0, 0.05) is 0 Å². The standard InChI is InChI=1S/C13H18O5/c1-12(2,10(14)15)8-5-6-18-7-9(8)13(3,4)11(16)17/h5-6H,7H2,1-4H3,(H,14,15)(H,16,17). The van der Waals surface area contributed by atoms with E-state index in [1.807, 2.05) is 0 Å². The maximum Gasteiger partial charge on any atom is 0.313 e. The van der Waals surface area contributed by atoms with Gasteiger partial charge in [0.1, 0.15) is 6.61 Å². The first-order valence-corrected chi connectivity index (χ1v) is 5.61. The largest absolute Gasteiger partial charge is 0.497 e. The zero-order valence-corrected chi connectivity index (χ0v) is 11.0. The van der Waals surface area contributed by atoms with Gasteiger partial charge in [-0.25, -0.2) is 0 Å². The second kappa shape index (κ2) is 4.48. The molecule has 1 rings (SSSR count). The fourth-order valence-corrected chi connectivity index (χ4v) is 1.77. The van der Waals surface area contributed by atoms with Crippen molar-refractivity contribution in [3.8, 4) is 0 Å². The Morgan fingerprint density at radius 3 is 2.06 bits per heavy atom. The van der Waals surface area contributed by atoms with Gasteiger partial charge < -0.3 is 14.9 Å². The fraction of sp³-hybridized carbons (Fsp3) is 0.538. The Morgan fingerprint density at radius 1 is 1.11 bits per heavy atom. The molecular weight excluding hydrogens is 236 g/mol. The zero-order chi connectivity index (χ0) is 14.1. The summed E-state index contributed by atoms with van der Waals surface area (Å²) in [6.07, 6.45) is 2.94. The Balaban J connectivity index is 3.43. The molecule has 18 heavy (non-hydrogen) atoms. The maximum atomic E-state index is 11.3. The number of hydrogen-bond donors (Lipinski definition) is 2. The van der Waals surface area contributed by atoms with Crippen molar-refractivity contribution in [1.29, 1.82) is 0 Å². The number of carbonyl (C=O) groups is 2. The molecule has 2 N–H and O–H groups in total. The van der Waals surface area contributed by atoms with Crippen LogP contribution in [0.15, 0.2) is 23.5 Å². The summed E-state index contributed by atoms with van der Waals surface area (Å²) in [5, 5.41) is 18.5. The molecule has 5 heteroatoms. The average Bonchev–Trinajstić information content (AvgIpc) is 2.28. The summed E-state index contributed by atoms with van der Waals surface area (Å²) in [6.45, 7) is 6.30. The van der Waals surface area contributed by atoms with Gasteiger partial charge in [0.05, 0.1) is 17.1 Å². The van der Waals surface area contributed by atoms with Crippen LogP contribution in [0.5, 0.6) is 0 Å². The summed E-state index contributed by atoms with van der Waals surface area (Å²) < 4.78 is 5.13.